The maximum atomic E-state index is 11.8. The van der Waals surface area contributed by atoms with E-state index < -0.39 is 0 Å². The van der Waals surface area contributed by atoms with Crippen molar-refractivity contribution >= 4 is 11.9 Å². The zero-order valence-electron chi connectivity index (χ0n) is 12.9. The van der Waals surface area contributed by atoms with Gasteiger partial charge < -0.3 is 30.6 Å². The molecule has 21 heavy (non-hydrogen) atoms. The third-order valence-electron chi connectivity index (χ3n) is 2.63. The SMILES string of the molecule is CCOC(=O)C(CCCNC(=N)N)NCCOCCOC. The van der Waals surface area contributed by atoms with Crippen molar-refractivity contribution in [1.82, 2.24) is 10.6 Å². The van der Waals surface area contributed by atoms with Crippen molar-refractivity contribution in [2.45, 2.75) is 25.8 Å². The van der Waals surface area contributed by atoms with Gasteiger partial charge in [0.15, 0.2) is 5.96 Å². The summed E-state index contributed by atoms with van der Waals surface area (Å²) in [6.45, 7) is 4.84. The first-order valence-corrected chi connectivity index (χ1v) is 7.16. The van der Waals surface area contributed by atoms with E-state index in [9.17, 15) is 4.79 Å². The molecule has 8 heteroatoms. The van der Waals surface area contributed by atoms with Crippen LogP contribution in [0.4, 0.5) is 0 Å². The van der Waals surface area contributed by atoms with Gasteiger partial charge in [0.05, 0.1) is 26.4 Å². The molecule has 0 fully saturated rings. The van der Waals surface area contributed by atoms with Crippen LogP contribution in [0.3, 0.4) is 0 Å². The van der Waals surface area contributed by atoms with E-state index >= 15 is 0 Å². The second kappa shape index (κ2) is 13.6. The van der Waals surface area contributed by atoms with Gasteiger partial charge in [-0.2, -0.15) is 0 Å². The molecule has 0 saturated heterocycles. The predicted octanol–water partition coefficient (Wildman–Crippen LogP) is -0.566. The lowest BCUT2D eigenvalue weighted by Crippen LogP contribution is -2.41. The first-order chi connectivity index (χ1) is 10.1. The van der Waals surface area contributed by atoms with Crippen LogP contribution in [0.25, 0.3) is 0 Å². The number of hydrogen-bond acceptors (Lipinski definition) is 6. The van der Waals surface area contributed by atoms with Crippen LogP contribution in [-0.2, 0) is 19.0 Å². The summed E-state index contributed by atoms with van der Waals surface area (Å²) in [5, 5.41) is 12.9. The van der Waals surface area contributed by atoms with Crippen molar-refractivity contribution < 1.29 is 19.0 Å². The summed E-state index contributed by atoms with van der Waals surface area (Å²) < 4.78 is 15.2. The summed E-state index contributed by atoms with van der Waals surface area (Å²) >= 11 is 0. The summed E-state index contributed by atoms with van der Waals surface area (Å²) in [6.07, 6.45) is 1.32. The summed E-state index contributed by atoms with van der Waals surface area (Å²) in [5.74, 6) is -0.334. The van der Waals surface area contributed by atoms with Crippen molar-refractivity contribution in [2.75, 3.05) is 46.6 Å². The number of guanidine groups is 1. The van der Waals surface area contributed by atoms with Crippen molar-refractivity contribution in [3.8, 4) is 0 Å². The lowest BCUT2D eigenvalue weighted by molar-refractivity contribution is -0.145. The van der Waals surface area contributed by atoms with E-state index in [1.54, 1.807) is 14.0 Å². The first kappa shape index (κ1) is 19.6. The monoisotopic (exact) mass is 304 g/mol. The van der Waals surface area contributed by atoms with Gasteiger partial charge in [-0.3, -0.25) is 10.2 Å². The molecular formula is C13H28N4O4. The predicted molar refractivity (Wildman–Crippen MR) is 80.3 cm³/mol. The lowest BCUT2D eigenvalue weighted by Gasteiger charge is -2.17. The van der Waals surface area contributed by atoms with Crippen LogP contribution in [-0.4, -0.2) is 64.6 Å². The molecule has 0 saturated carbocycles. The number of esters is 1. The van der Waals surface area contributed by atoms with Gasteiger partial charge in [0.2, 0.25) is 0 Å². The van der Waals surface area contributed by atoms with Crippen LogP contribution in [0.2, 0.25) is 0 Å². The van der Waals surface area contributed by atoms with Crippen LogP contribution in [0.1, 0.15) is 19.8 Å². The third-order valence-corrected chi connectivity index (χ3v) is 2.63. The highest BCUT2D eigenvalue weighted by Gasteiger charge is 2.18. The molecular weight excluding hydrogens is 276 g/mol. The Morgan fingerprint density at radius 2 is 2.05 bits per heavy atom. The van der Waals surface area contributed by atoms with E-state index in [2.05, 4.69) is 10.6 Å². The minimum Gasteiger partial charge on any atom is -0.465 e. The average Bonchev–Trinajstić information content (AvgIpc) is 2.44. The molecule has 8 nitrogen and oxygen atoms in total. The van der Waals surface area contributed by atoms with Gasteiger partial charge in [-0.15, -0.1) is 0 Å². The Morgan fingerprint density at radius 1 is 1.29 bits per heavy atom. The smallest absolute Gasteiger partial charge is 0.323 e. The number of methoxy groups -OCH3 is 1. The summed E-state index contributed by atoms with van der Waals surface area (Å²) in [7, 11) is 1.62. The molecule has 0 radical (unpaired) electrons. The van der Waals surface area contributed by atoms with Crippen LogP contribution in [0, 0.1) is 5.41 Å². The van der Waals surface area contributed by atoms with E-state index in [0.29, 0.717) is 52.4 Å². The highest BCUT2D eigenvalue weighted by atomic mass is 16.5. The zero-order valence-corrected chi connectivity index (χ0v) is 12.9. The Morgan fingerprint density at radius 3 is 2.67 bits per heavy atom. The van der Waals surface area contributed by atoms with Crippen molar-refractivity contribution in [3.63, 3.8) is 0 Å². The molecule has 0 spiro atoms. The van der Waals surface area contributed by atoms with Gasteiger partial charge in [0.25, 0.3) is 0 Å². The number of carbonyl (C=O) groups is 1. The normalized spacial score (nSPS) is 11.9. The van der Waals surface area contributed by atoms with Crippen molar-refractivity contribution in [3.05, 3.63) is 0 Å². The number of nitrogens with two attached hydrogens (primary N) is 1. The number of nitrogens with one attached hydrogen (secondary N) is 3. The second-order valence-corrected chi connectivity index (χ2v) is 4.35. The molecule has 0 aromatic rings. The molecule has 0 aliphatic carbocycles. The summed E-state index contributed by atoms with van der Waals surface area (Å²) in [5.41, 5.74) is 5.19. The molecule has 0 aliphatic rings. The van der Waals surface area contributed by atoms with Gasteiger partial charge in [-0.05, 0) is 19.8 Å². The number of rotatable bonds is 13. The van der Waals surface area contributed by atoms with Gasteiger partial charge >= 0.3 is 5.97 Å². The van der Waals surface area contributed by atoms with E-state index in [1.807, 2.05) is 0 Å². The fourth-order valence-corrected chi connectivity index (χ4v) is 1.62. The summed E-state index contributed by atoms with van der Waals surface area (Å²) in [4.78, 5) is 11.8. The molecule has 0 aliphatic heterocycles. The topological polar surface area (TPSA) is 119 Å². The highest BCUT2D eigenvalue weighted by Crippen LogP contribution is 2.00. The van der Waals surface area contributed by atoms with Crippen molar-refractivity contribution in [2.24, 2.45) is 5.73 Å². The maximum absolute atomic E-state index is 11.8. The average molecular weight is 304 g/mol. The molecule has 1 unspecified atom stereocenters. The van der Waals surface area contributed by atoms with Gasteiger partial charge in [0.1, 0.15) is 6.04 Å². The molecule has 0 amide bonds. The Hall–Kier alpha value is -1.38. The van der Waals surface area contributed by atoms with Gasteiger partial charge in [-0.25, -0.2) is 0 Å². The largest absolute Gasteiger partial charge is 0.465 e. The van der Waals surface area contributed by atoms with Crippen LogP contribution < -0.4 is 16.4 Å². The van der Waals surface area contributed by atoms with Crippen LogP contribution in [0.5, 0.6) is 0 Å². The Kier molecular flexibility index (Phi) is 12.7. The molecule has 0 rings (SSSR count). The minimum absolute atomic E-state index is 0.0674. The zero-order chi connectivity index (χ0) is 15.9. The molecule has 1 atom stereocenters. The van der Waals surface area contributed by atoms with E-state index in [1.165, 1.54) is 0 Å². The van der Waals surface area contributed by atoms with Crippen LogP contribution >= 0.6 is 0 Å². The molecule has 124 valence electrons. The molecule has 0 aromatic heterocycles. The number of hydrogen-bond donors (Lipinski definition) is 4. The third kappa shape index (κ3) is 12.1. The standard InChI is InChI=1S/C13H28N4O4/c1-3-21-12(18)11(5-4-6-17-13(14)15)16-7-8-20-10-9-19-2/h11,16H,3-10H2,1-2H3,(H4,14,15,17). The quantitative estimate of drug-likeness (QED) is 0.156. The van der Waals surface area contributed by atoms with Crippen LogP contribution in [0.15, 0.2) is 0 Å². The molecule has 0 bridgehead atoms. The Bertz CT molecular complexity index is 289. The Labute approximate surface area is 126 Å². The summed E-state index contributed by atoms with van der Waals surface area (Å²) in [6, 6.07) is -0.371. The van der Waals surface area contributed by atoms with Gasteiger partial charge in [0, 0.05) is 20.2 Å². The lowest BCUT2D eigenvalue weighted by atomic mass is 10.1. The molecule has 0 aromatic carbocycles. The maximum Gasteiger partial charge on any atom is 0.323 e. The first-order valence-electron chi connectivity index (χ1n) is 7.16. The number of ether oxygens (including phenoxy) is 3. The fraction of sp³-hybridized carbons (Fsp3) is 0.846. The van der Waals surface area contributed by atoms with E-state index in [4.69, 9.17) is 25.4 Å². The van der Waals surface area contributed by atoms with Gasteiger partial charge in [-0.1, -0.05) is 0 Å². The number of carbonyl (C=O) groups excluding carboxylic acids is 1. The van der Waals surface area contributed by atoms with E-state index in [0.717, 1.165) is 0 Å². The molecule has 0 heterocycles. The second-order valence-electron chi connectivity index (χ2n) is 4.35. The fourth-order valence-electron chi connectivity index (χ4n) is 1.62. The minimum atomic E-state index is -0.371. The Balaban J connectivity index is 3.91. The van der Waals surface area contributed by atoms with Crippen molar-refractivity contribution in [1.29, 1.82) is 5.41 Å². The molecule has 5 N–H and O–H groups in total. The van der Waals surface area contributed by atoms with E-state index in [-0.39, 0.29) is 18.0 Å². The highest BCUT2D eigenvalue weighted by molar-refractivity contribution is 5.76.